The van der Waals surface area contributed by atoms with Gasteiger partial charge in [-0.1, -0.05) is 44.2 Å². The van der Waals surface area contributed by atoms with Gasteiger partial charge >= 0.3 is 0 Å². The summed E-state index contributed by atoms with van der Waals surface area (Å²) in [6.45, 7) is 4.56. The molecule has 0 saturated heterocycles. The summed E-state index contributed by atoms with van der Waals surface area (Å²) >= 11 is 0. The van der Waals surface area contributed by atoms with Crippen molar-refractivity contribution in [1.29, 1.82) is 0 Å². The zero-order chi connectivity index (χ0) is 14.4. The molecule has 0 aliphatic heterocycles. The van der Waals surface area contributed by atoms with Crippen LogP contribution in [0.2, 0.25) is 0 Å². The lowest BCUT2D eigenvalue weighted by atomic mass is 9.69. The molecule has 0 bridgehead atoms. The van der Waals surface area contributed by atoms with Gasteiger partial charge in [0.1, 0.15) is 5.76 Å². The van der Waals surface area contributed by atoms with Crippen molar-refractivity contribution in [2.75, 3.05) is 7.05 Å². The van der Waals surface area contributed by atoms with E-state index in [1.165, 1.54) is 5.56 Å². The lowest BCUT2D eigenvalue weighted by Crippen LogP contribution is -2.48. The van der Waals surface area contributed by atoms with Crippen LogP contribution in [0.25, 0.3) is 0 Å². The summed E-state index contributed by atoms with van der Waals surface area (Å²) in [5, 5.41) is 3.52. The molecule has 2 rings (SSSR count). The third kappa shape index (κ3) is 2.80. The fraction of sp³-hybridized carbons (Fsp3) is 0.444. The number of furan rings is 1. The Morgan fingerprint density at radius 3 is 2.25 bits per heavy atom. The van der Waals surface area contributed by atoms with E-state index in [9.17, 15) is 0 Å². The van der Waals surface area contributed by atoms with Crippen LogP contribution in [0.4, 0.5) is 0 Å². The van der Waals surface area contributed by atoms with Crippen LogP contribution in [0.3, 0.4) is 0 Å². The van der Waals surface area contributed by atoms with E-state index in [0.29, 0.717) is 6.04 Å². The van der Waals surface area contributed by atoms with Gasteiger partial charge in [0, 0.05) is 17.9 Å². The highest BCUT2D eigenvalue weighted by atomic mass is 16.3. The summed E-state index contributed by atoms with van der Waals surface area (Å²) in [6.07, 6.45) is 4.89. The molecule has 108 valence electrons. The predicted molar refractivity (Wildman–Crippen MR) is 84.0 cm³/mol. The molecule has 1 atom stereocenters. The second-order valence-corrected chi connectivity index (χ2v) is 5.35. The Bertz CT molecular complexity index is 485. The Labute approximate surface area is 122 Å². The minimum absolute atomic E-state index is 0.142. The summed E-state index contributed by atoms with van der Waals surface area (Å²) in [4.78, 5) is 0. The molecule has 0 radical (unpaired) electrons. The van der Waals surface area contributed by atoms with E-state index in [0.717, 1.165) is 25.0 Å². The summed E-state index contributed by atoms with van der Waals surface area (Å²) in [5.74, 6) is 1.05. The Morgan fingerprint density at radius 2 is 1.75 bits per heavy atom. The van der Waals surface area contributed by atoms with E-state index in [4.69, 9.17) is 4.42 Å². The first kappa shape index (κ1) is 14.9. The Morgan fingerprint density at radius 1 is 1.05 bits per heavy atom. The Hall–Kier alpha value is -1.54. The third-order valence-corrected chi connectivity index (χ3v) is 4.61. The lowest BCUT2D eigenvalue weighted by molar-refractivity contribution is 0.269. The van der Waals surface area contributed by atoms with Crippen LogP contribution in [-0.2, 0) is 11.8 Å². The molecule has 0 fully saturated rings. The largest absolute Gasteiger partial charge is 0.469 e. The SMILES string of the molecule is CCC(CC)(c1ccccc1)C(Cc1ccco1)NC. The molecule has 2 aromatic rings. The molecule has 0 aliphatic carbocycles. The van der Waals surface area contributed by atoms with Crippen molar-refractivity contribution in [1.82, 2.24) is 5.32 Å². The Kier molecular flexibility index (Phi) is 5.02. The van der Waals surface area contributed by atoms with Crippen LogP contribution >= 0.6 is 0 Å². The highest BCUT2D eigenvalue weighted by molar-refractivity contribution is 5.28. The van der Waals surface area contributed by atoms with Gasteiger partial charge in [-0.2, -0.15) is 0 Å². The van der Waals surface area contributed by atoms with Gasteiger partial charge in [-0.15, -0.1) is 0 Å². The van der Waals surface area contributed by atoms with Crippen LogP contribution in [0.1, 0.15) is 38.0 Å². The topological polar surface area (TPSA) is 25.2 Å². The molecule has 1 heterocycles. The third-order valence-electron chi connectivity index (χ3n) is 4.61. The zero-order valence-corrected chi connectivity index (χ0v) is 12.7. The van der Waals surface area contributed by atoms with Gasteiger partial charge in [0.05, 0.1) is 6.26 Å². The summed E-state index contributed by atoms with van der Waals surface area (Å²) in [5.41, 5.74) is 1.55. The second-order valence-electron chi connectivity index (χ2n) is 5.35. The maximum Gasteiger partial charge on any atom is 0.105 e. The van der Waals surface area contributed by atoms with Crippen molar-refractivity contribution >= 4 is 0 Å². The number of likely N-dealkylation sites (N-methyl/N-ethyl adjacent to an activating group) is 1. The van der Waals surface area contributed by atoms with Crippen molar-refractivity contribution in [2.45, 2.75) is 44.6 Å². The molecule has 0 amide bonds. The molecule has 0 saturated carbocycles. The van der Waals surface area contributed by atoms with E-state index in [-0.39, 0.29) is 5.41 Å². The van der Waals surface area contributed by atoms with Crippen LogP contribution < -0.4 is 5.32 Å². The molecule has 0 spiro atoms. The number of hydrogen-bond acceptors (Lipinski definition) is 2. The van der Waals surface area contributed by atoms with Gasteiger partial charge in [0.2, 0.25) is 0 Å². The smallest absolute Gasteiger partial charge is 0.105 e. The Balaban J connectivity index is 2.34. The van der Waals surface area contributed by atoms with E-state index >= 15 is 0 Å². The molecule has 0 aliphatic rings. The van der Waals surface area contributed by atoms with Crippen molar-refractivity contribution in [3.8, 4) is 0 Å². The molecule has 1 unspecified atom stereocenters. The molecule has 1 aromatic heterocycles. The normalized spacial score (nSPS) is 13.3. The standard InChI is InChI=1S/C18H25NO/c1-4-18(5-2,15-10-7-6-8-11-15)17(19-3)14-16-12-9-13-20-16/h6-13,17,19H,4-5,14H2,1-3H3. The fourth-order valence-corrected chi connectivity index (χ4v) is 3.33. The van der Waals surface area contributed by atoms with Crippen LogP contribution in [0.15, 0.2) is 53.1 Å². The molecule has 2 heteroatoms. The van der Waals surface area contributed by atoms with Gasteiger partial charge < -0.3 is 9.73 Å². The summed E-state index contributed by atoms with van der Waals surface area (Å²) in [6, 6.07) is 15.2. The molecule has 20 heavy (non-hydrogen) atoms. The molecule has 1 aromatic carbocycles. The van der Waals surface area contributed by atoms with Gasteiger partial charge in [0.25, 0.3) is 0 Å². The maximum atomic E-state index is 5.55. The van der Waals surface area contributed by atoms with Crippen LogP contribution in [0.5, 0.6) is 0 Å². The van der Waals surface area contributed by atoms with Crippen LogP contribution in [0, 0.1) is 0 Å². The second kappa shape index (κ2) is 6.76. The van der Waals surface area contributed by atoms with Crippen LogP contribution in [-0.4, -0.2) is 13.1 Å². The van der Waals surface area contributed by atoms with E-state index in [1.807, 2.05) is 6.07 Å². The van der Waals surface area contributed by atoms with Crippen molar-refractivity contribution in [2.24, 2.45) is 0 Å². The highest BCUT2D eigenvalue weighted by Gasteiger charge is 2.36. The molecular formula is C18H25NO. The first-order valence-electron chi connectivity index (χ1n) is 7.52. The van der Waals surface area contributed by atoms with Crippen molar-refractivity contribution in [3.63, 3.8) is 0 Å². The average molecular weight is 271 g/mol. The summed E-state index contributed by atoms with van der Waals surface area (Å²) < 4.78 is 5.55. The first-order chi connectivity index (χ1) is 9.76. The van der Waals surface area contributed by atoms with Gasteiger partial charge in [-0.25, -0.2) is 0 Å². The zero-order valence-electron chi connectivity index (χ0n) is 12.7. The van der Waals surface area contributed by atoms with Crippen molar-refractivity contribution in [3.05, 3.63) is 60.1 Å². The average Bonchev–Trinajstić information content (AvgIpc) is 3.02. The molecule has 2 nitrogen and oxygen atoms in total. The van der Waals surface area contributed by atoms with Gasteiger partial charge in [-0.05, 0) is 37.6 Å². The molecule has 1 N–H and O–H groups in total. The number of rotatable bonds is 7. The van der Waals surface area contributed by atoms with E-state index < -0.39 is 0 Å². The minimum atomic E-state index is 0.142. The van der Waals surface area contributed by atoms with E-state index in [1.54, 1.807) is 6.26 Å². The van der Waals surface area contributed by atoms with Crippen molar-refractivity contribution < 1.29 is 4.42 Å². The lowest BCUT2D eigenvalue weighted by Gasteiger charge is -2.40. The number of hydrogen-bond donors (Lipinski definition) is 1. The number of nitrogens with one attached hydrogen (secondary N) is 1. The monoisotopic (exact) mass is 271 g/mol. The van der Waals surface area contributed by atoms with Gasteiger partial charge in [-0.3, -0.25) is 0 Å². The molecular weight excluding hydrogens is 246 g/mol. The first-order valence-corrected chi connectivity index (χ1v) is 7.52. The maximum absolute atomic E-state index is 5.55. The quantitative estimate of drug-likeness (QED) is 0.817. The fourth-order valence-electron chi connectivity index (χ4n) is 3.33. The minimum Gasteiger partial charge on any atom is -0.469 e. The number of benzene rings is 1. The predicted octanol–water partition coefficient (Wildman–Crippen LogP) is 4.17. The van der Waals surface area contributed by atoms with E-state index in [2.05, 4.69) is 62.6 Å². The van der Waals surface area contributed by atoms with Gasteiger partial charge in [0.15, 0.2) is 0 Å². The summed E-state index contributed by atoms with van der Waals surface area (Å²) in [7, 11) is 2.05. The highest BCUT2D eigenvalue weighted by Crippen LogP contribution is 2.36.